The van der Waals surface area contributed by atoms with E-state index in [1.54, 1.807) is 4.90 Å². The normalized spacial score (nSPS) is 15.6. The van der Waals surface area contributed by atoms with Crippen molar-refractivity contribution in [3.63, 3.8) is 0 Å². The number of carbonyl (C=O) groups is 1. The van der Waals surface area contributed by atoms with E-state index >= 15 is 0 Å². The van der Waals surface area contributed by atoms with E-state index in [4.69, 9.17) is 4.74 Å². The zero-order chi connectivity index (χ0) is 10.4. The van der Waals surface area contributed by atoms with E-state index in [0.717, 1.165) is 12.5 Å². The molecule has 0 saturated heterocycles. The maximum Gasteiger partial charge on any atom is 0.223 e. The first kappa shape index (κ1) is 11.9. The first-order valence-corrected chi connectivity index (χ1v) is 5.80. The molecule has 0 aromatic heterocycles. The molecule has 1 aliphatic carbocycles. The number of carbonyl (C=O) groups excluding carboxylic acids is 1. The van der Waals surface area contributed by atoms with Crippen LogP contribution in [0, 0.1) is 5.92 Å². The Morgan fingerprint density at radius 3 is 2.86 bits per heavy atom. The van der Waals surface area contributed by atoms with Crippen molar-refractivity contribution < 1.29 is 9.53 Å². The number of hydrogen-bond donors (Lipinski definition) is 1. The summed E-state index contributed by atoms with van der Waals surface area (Å²) in [7, 11) is 1.81. The van der Waals surface area contributed by atoms with Crippen molar-refractivity contribution in [1.29, 1.82) is 0 Å². The molecule has 1 saturated carbocycles. The third kappa shape index (κ3) is 4.86. The van der Waals surface area contributed by atoms with Crippen LogP contribution in [0.3, 0.4) is 0 Å². The summed E-state index contributed by atoms with van der Waals surface area (Å²) in [5, 5.41) is 0. The quantitative estimate of drug-likeness (QED) is 0.513. The lowest BCUT2D eigenvalue weighted by Crippen LogP contribution is -2.30. The van der Waals surface area contributed by atoms with E-state index in [0.29, 0.717) is 25.3 Å². The fourth-order valence-corrected chi connectivity index (χ4v) is 1.34. The van der Waals surface area contributed by atoms with Gasteiger partial charge in [-0.1, -0.05) is 0 Å². The molecule has 1 amide bonds. The first-order valence-electron chi connectivity index (χ1n) is 5.16. The van der Waals surface area contributed by atoms with E-state index < -0.39 is 0 Å². The van der Waals surface area contributed by atoms with Crippen LogP contribution in [0.1, 0.15) is 19.3 Å². The number of thiol groups is 1. The SMILES string of the molecule is CN(CCOCC1CC1)C(=O)CCS. The Balaban J connectivity index is 1.95. The summed E-state index contributed by atoms with van der Waals surface area (Å²) in [5.74, 6) is 1.56. The molecule has 0 heterocycles. The van der Waals surface area contributed by atoms with Crippen molar-refractivity contribution in [2.24, 2.45) is 5.92 Å². The summed E-state index contributed by atoms with van der Waals surface area (Å²) < 4.78 is 5.44. The summed E-state index contributed by atoms with van der Waals surface area (Å²) in [6.07, 6.45) is 3.14. The van der Waals surface area contributed by atoms with Crippen molar-refractivity contribution >= 4 is 18.5 Å². The minimum Gasteiger partial charge on any atom is -0.379 e. The van der Waals surface area contributed by atoms with Gasteiger partial charge in [-0.15, -0.1) is 0 Å². The van der Waals surface area contributed by atoms with Gasteiger partial charge in [0.25, 0.3) is 0 Å². The topological polar surface area (TPSA) is 29.5 Å². The summed E-state index contributed by atoms with van der Waals surface area (Å²) in [6.45, 7) is 2.22. The van der Waals surface area contributed by atoms with E-state index in [1.807, 2.05) is 7.05 Å². The molecule has 14 heavy (non-hydrogen) atoms. The third-order valence-corrected chi connectivity index (χ3v) is 2.60. The van der Waals surface area contributed by atoms with Crippen LogP contribution in [0.4, 0.5) is 0 Å². The number of nitrogens with zero attached hydrogens (tertiary/aromatic N) is 1. The molecule has 0 aromatic rings. The Kier molecular flexibility index (Phi) is 5.33. The van der Waals surface area contributed by atoms with E-state index in [1.165, 1.54) is 12.8 Å². The molecule has 0 bridgehead atoms. The van der Waals surface area contributed by atoms with Gasteiger partial charge in [-0.25, -0.2) is 0 Å². The number of ether oxygens (including phenoxy) is 1. The van der Waals surface area contributed by atoms with Gasteiger partial charge in [-0.3, -0.25) is 4.79 Å². The lowest BCUT2D eigenvalue weighted by Gasteiger charge is -2.16. The van der Waals surface area contributed by atoms with Gasteiger partial charge < -0.3 is 9.64 Å². The van der Waals surface area contributed by atoms with Gasteiger partial charge in [0.1, 0.15) is 0 Å². The van der Waals surface area contributed by atoms with Gasteiger partial charge >= 0.3 is 0 Å². The molecule has 0 unspecified atom stereocenters. The number of amides is 1. The van der Waals surface area contributed by atoms with Gasteiger partial charge in [-0.05, 0) is 24.5 Å². The van der Waals surface area contributed by atoms with Crippen molar-refractivity contribution in [3.8, 4) is 0 Å². The molecule has 3 nitrogen and oxygen atoms in total. The molecule has 0 aromatic carbocycles. The second-order valence-corrected chi connectivity index (χ2v) is 4.25. The second kappa shape index (κ2) is 6.30. The van der Waals surface area contributed by atoms with Crippen LogP contribution < -0.4 is 0 Å². The highest BCUT2D eigenvalue weighted by atomic mass is 32.1. The molecule has 1 aliphatic rings. The van der Waals surface area contributed by atoms with Gasteiger partial charge in [0.05, 0.1) is 6.61 Å². The highest BCUT2D eigenvalue weighted by molar-refractivity contribution is 7.80. The predicted molar refractivity (Wildman–Crippen MR) is 59.7 cm³/mol. The van der Waals surface area contributed by atoms with Crippen molar-refractivity contribution in [2.45, 2.75) is 19.3 Å². The molecule has 1 rings (SSSR count). The van der Waals surface area contributed by atoms with E-state index in [-0.39, 0.29) is 5.91 Å². The lowest BCUT2D eigenvalue weighted by molar-refractivity contribution is -0.130. The fraction of sp³-hybridized carbons (Fsp3) is 0.900. The van der Waals surface area contributed by atoms with Crippen LogP contribution in [0.15, 0.2) is 0 Å². The fourth-order valence-electron chi connectivity index (χ4n) is 1.15. The second-order valence-electron chi connectivity index (χ2n) is 3.81. The van der Waals surface area contributed by atoms with E-state index in [9.17, 15) is 4.79 Å². The summed E-state index contributed by atoms with van der Waals surface area (Å²) in [4.78, 5) is 13.0. The number of likely N-dealkylation sites (N-methyl/N-ethyl adjacent to an activating group) is 1. The monoisotopic (exact) mass is 217 g/mol. The highest BCUT2D eigenvalue weighted by Crippen LogP contribution is 2.28. The standard InChI is InChI=1S/C10H19NO2S/c1-11(10(12)4-7-14)5-6-13-8-9-2-3-9/h9,14H,2-8H2,1H3. The average Bonchev–Trinajstić information content (AvgIpc) is 2.96. The Morgan fingerprint density at radius 1 is 1.57 bits per heavy atom. The van der Waals surface area contributed by atoms with Crippen molar-refractivity contribution in [2.75, 3.05) is 32.6 Å². The molecule has 1 fully saturated rings. The largest absolute Gasteiger partial charge is 0.379 e. The van der Waals surface area contributed by atoms with Crippen LogP contribution in [0.25, 0.3) is 0 Å². The molecule has 4 heteroatoms. The molecule has 0 aliphatic heterocycles. The molecule has 0 spiro atoms. The van der Waals surface area contributed by atoms with Gasteiger partial charge in [0.15, 0.2) is 0 Å². The molecular weight excluding hydrogens is 198 g/mol. The predicted octanol–water partition coefficient (Wildman–Crippen LogP) is 1.19. The number of hydrogen-bond acceptors (Lipinski definition) is 3. The number of rotatable bonds is 7. The Labute approximate surface area is 91.2 Å². The van der Waals surface area contributed by atoms with Gasteiger partial charge in [0.2, 0.25) is 5.91 Å². The summed E-state index contributed by atoms with van der Waals surface area (Å²) in [6, 6.07) is 0. The maximum absolute atomic E-state index is 11.3. The van der Waals surface area contributed by atoms with Crippen LogP contribution in [0.2, 0.25) is 0 Å². The minimum atomic E-state index is 0.148. The van der Waals surface area contributed by atoms with Crippen molar-refractivity contribution in [1.82, 2.24) is 4.90 Å². The molecule has 0 radical (unpaired) electrons. The van der Waals surface area contributed by atoms with Gasteiger partial charge in [0, 0.05) is 26.6 Å². The zero-order valence-corrected chi connectivity index (χ0v) is 9.63. The van der Waals surface area contributed by atoms with Crippen LogP contribution in [-0.2, 0) is 9.53 Å². The Morgan fingerprint density at radius 2 is 2.29 bits per heavy atom. The van der Waals surface area contributed by atoms with Crippen LogP contribution in [0.5, 0.6) is 0 Å². The van der Waals surface area contributed by atoms with E-state index in [2.05, 4.69) is 12.6 Å². The van der Waals surface area contributed by atoms with Crippen molar-refractivity contribution in [3.05, 3.63) is 0 Å². The lowest BCUT2D eigenvalue weighted by atomic mass is 10.4. The first-order chi connectivity index (χ1) is 6.74. The van der Waals surface area contributed by atoms with Crippen LogP contribution >= 0.6 is 12.6 Å². The highest BCUT2D eigenvalue weighted by Gasteiger charge is 2.21. The Hall–Kier alpha value is -0.220. The van der Waals surface area contributed by atoms with Crippen LogP contribution in [-0.4, -0.2) is 43.4 Å². The molecule has 0 atom stereocenters. The minimum absolute atomic E-state index is 0.148. The van der Waals surface area contributed by atoms with Gasteiger partial charge in [-0.2, -0.15) is 12.6 Å². The maximum atomic E-state index is 11.3. The molecule has 82 valence electrons. The molecule has 0 N–H and O–H groups in total. The smallest absolute Gasteiger partial charge is 0.223 e. The summed E-state index contributed by atoms with van der Waals surface area (Å²) >= 11 is 4.02. The third-order valence-electron chi connectivity index (χ3n) is 2.37. The Bertz CT molecular complexity index is 183. The molecular formula is C10H19NO2S. The average molecular weight is 217 g/mol. The summed E-state index contributed by atoms with van der Waals surface area (Å²) in [5.41, 5.74) is 0. The zero-order valence-electron chi connectivity index (χ0n) is 8.74.